The topological polar surface area (TPSA) is 61.8 Å². The van der Waals surface area contributed by atoms with Crippen molar-refractivity contribution in [2.24, 2.45) is 16.3 Å². The maximum absolute atomic E-state index is 13.7. The average Bonchev–Trinajstić information content (AvgIpc) is 3.12. The van der Waals surface area contributed by atoms with Crippen LogP contribution >= 0.6 is 0 Å². The fourth-order valence-corrected chi connectivity index (χ4v) is 5.53. The molecule has 2 aromatic rings. The molecule has 2 aliphatic rings. The highest BCUT2D eigenvalue weighted by molar-refractivity contribution is 6.46. The van der Waals surface area contributed by atoms with Crippen LogP contribution < -0.4 is 5.32 Å². The van der Waals surface area contributed by atoms with Crippen LogP contribution in [0.15, 0.2) is 53.5 Å². The largest absolute Gasteiger partial charge is 0.352 e. The van der Waals surface area contributed by atoms with Crippen LogP contribution in [-0.4, -0.2) is 41.2 Å². The Kier molecular flexibility index (Phi) is 7.58. The highest BCUT2D eigenvalue weighted by Crippen LogP contribution is 2.46. The number of carbonyl (C=O) groups is 2. The lowest BCUT2D eigenvalue weighted by molar-refractivity contribution is -0.129. The summed E-state index contributed by atoms with van der Waals surface area (Å²) in [5.41, 5.74) is 3.95. The number of carbonyl (C=O) groups excluding carboxylic acids is 2. The molecule has 36 heavy (non-hydrogen) atoms. The molecule has 1 spiro atoms. The molecule has 0 unspecified atom stereocenters. The molecule has 0 bridgehead atoms. The normalized spacial score (nSPS) is 22.1. The summed E-state index contributed by atoms with van der Waals surface area (Å²) in [6.45, 7) is 14.2. The summed E-state index contributed by atoms with van der Waals surface area (Å²) in [6, 6.07) is 15.5. The van der Waals surface area contributed by atoms with Gasteiger partial charge < -0.3 is 10.2 Å². The van der Waals surface area contributed by atoms with E-state index in [2.05, 4.69) is 33.0 Å². The molecule has 1 aliphatic heterocycles. The van der Waals surface area contributed by atoms with Gasteiger partial charge in [-0.2, -0.15) is 0 Å². The van der Waals surface area contributed by atoms with Gasteiger partial charge in [-0.3, -0.25) is 14.6 Å². The van der Waals surface area contributed by atoms with E-state index in [9.17, 15) is 9.59 Å². The smallest absolute Gasteiger partial charge is 0.274 e. The van der Waals surface area contributed by atoms with Crippen molar-refractivity contribution in [3.63, 3.8) is 0 Å². The molecule has 0 radical (unpaired) electrons. The van der Waals surface area contributed by atoms with Crippen molar-refractivity contribution in [2.75, 3.05) is 13.1 Å². The van der Waals surface area contributed by atoms with Crippen molar-refractivity contribution in [3.05, 3.63) is 77.7 Å². The van der Waals surface area contributed by atoms with Crippen molar-refractivity contribution in [3.8, 4) is 0 Å². The number of hydrogen-bond acceptors (Lipinski definition) is 3. The zero-order valence-electron chi connectivity index (χ0n) is 22.3. The molecule has 2 amide bonds. The Hall–Kier alpha value is -3.08. The van der Waals surface area contributed by atoms with Crippen LogP contribution in [0.3, 0.4) is 0 Å². The lowest BCUT2D eigenvalue weighted by Gasteiger charge is -2.45. The lowest BCUT2D eigenvalue weighted by atomic mass is 9.69. The SMILES string of the molecule is [CH2+]c1ccc(C2=NC3(CCC(C(C)(C)C)CC3)N(CCc3ccc(C(=O)NCCC)cc3)C2=O)cc1. The number of hydrogen-bond donors (Lipinski definition) is 1. The van der Waals surface area contributed by atoms with E-state index in [0.29, 0.717) is 30.3 Å². The fraction of sp³-hybridized carbons (Fsp3) is 0.484. The first-order valence-electron chi connectivity index (χ1n) is 13.3. The number of rotatable bonds is 7. The minimum absolute atomic E-state index is 0.0246. The molecule has 1 fully saturated rings. The molecule has 1 heterocycles. The first-order valence-corrected chi connectivity index (χ1v) is 13.3. The van der Waals surface area contributed by atoms with E-state index in [1.54, 1.807) is 0 Å². The monoisotopic (exact) mass is 486 g/mol. The summed E-state index contributed by atoms with van der Waals surface area (Å²) in [5, 5.41) is 2.92. The van der Waals surface area contributed by atoms with Gasteiger partial charge in [-0.05, 0) is 67.6 Å². The van der Waals surface area contributed by atoms with Gasteiger partial charge in [-0.15, -0.1) is 0 Å². The van der Waals surface area contributed by atoms with Crippen LogP contribution in [0.2, 0.25) is 0 Å². The molecule has 5 heteroatoms. The minimum atomic E-state index is -0.461. The van der Waals surface area contributed by atoms with Gasteiger partial charge in [0.15, 0.2) is 0 Å². The summed E-state index contributed by atoms with van der Waals surface area (Å²) in [6.07, 6.45) is 5.58. The van der Waals surface area contributed by atoms with Gasteiger partial charge >= 0.3 is 0 Å². The molecular weight excluding hydrogens is 446 g/mol. The van der Waals surface area contributed by atoms with Crippen molar-refractivity contribution in [1.29, 1.82) is 0 Å². The van der Waals surface area contributed by atoms with Gasteiger partial charge in [-0.1, -0.05) is 39.8 Å². The van der Waals surface area contributed by atoms with Crippen molar-refractivity contribution in [2.45, 2.75) is 71.9 Å². The molecule has 1 N–H and O–H groups in total. The van der Waals surface area contributed by atoms with E-state index in [1.165, 1.54) is 0 Å². The molecule has 190 valence electrons. The van der Waals surface area contributed by atoms with Crippen LogP contribution in [0.4, 0.5) is 0 Å². The third-order valence-electron chi connectivity index (χ3n) is 7.88. The van der Waals surface area contributed by atoms with E-state index in [-0.39, 0.29) is 17.2 Å². The van der Waals surface area contributed by atoms with E-state index in [4.69, 9.17) is 4.99 Å². The molecule has 1 saturated carbocycles. The Morgan fingerprint density at radius 2 is 1.72 bits per heavy atom. The number of nitrogens with one attached hydrogen (secondary N) is 1. The van der Waals surface area contributed by atoms with E-state index in [1.807, 2.05) is 60.4 Å². The Morgan fingerprint density at radius 3 is 2.31 bits per heavy atom. The standard InChI is InChI=1S/C31H39N3O2/c1-6-20-32-28(35)25-13-9-23(10-14-25)17-21-34-29(36)27(24-11-7-22(2)8-12-24)33-31(34)18-15-26(16-19-31)30(3,4)5/h7-14,26H,2,6,15-21H2,1,3-5H3/p+1. The highest BCUT2D eigenvalue weighted by atomic mass is 16.2. The van der Waals surface area contributed by atoms with Gasteiger partial charge in [0.2, 0.25) is 0 Å². The Morgan fingerprint density at radius 1 is 1.08 bits per heavy atom. The summed E-state index contributed by atoms with van der Waals surface area (Å²) in [5.74, 6) is 0.617. The summed E-state index contributed by atoms with van der Waals surface area (Å²) < 4.78 is 0. The van der Waals surface area contributed by atoms with Crippen LogP contribution in [0, 0.1) is 18.3 Å². The van der Waals surface area contributed by atoms with Gasteiger partial charge in [0.1, 0.15) is 16.9 Å². The van der Waals surface area contributed by atoms with Gasteiger partial charge in [0, 0.05) is 55.4 Å². The number of aliphatic imine (C=N–C) groups is 1. The van der Waals surface area contributed by atoms with Crippen molar-refractivity contribution < 1.29 is 9.59 Å². The fourth-order valence-electron chi connectivity index (χ4n) is 5.53. The zero-order valence-corrected chi connectivity index (χ0v) is 22.3. The molecule has 1 aliphatic carbocycles. The highest BCUT2D eigenvalue weighted by Gasteiger charge is 2.49. The first-order chi connectivity index (χ1) is 17.1. The van der Waals surface area contributed by atoms with Crippen molar-refractivity contribution >= 4 is 17.5 Å². The minimum Gasteiger partial charge on any atom is -0.352 e. The summed E-state index contributed by atoms with van der Waals surface area (Å²) in [4.78, 5) is 33.2. The van der Waals surface area contributed by atoms with Crippen LogP contribution in [0.1, 0.15) is 86.8 Å². The van der Waals surface area contributed by atoms with Crippen LogP contribution in [-0.2, 0) is 11.2 Å². The quantitative estimate of drug-likeness (QED) is 0.502. The second-order valence-corrected chi connectivity index (χ2v) is 11.4. The lowest BCUT2D eigenvalue weighted by Crippen LogP contribution is -2.50. The second-order valence-electron chi connectivity index (χ2n) is 11.4. The maximum atomic E-state index is 13.7. The van der Waals surface area contributed by atoms with Crippen molar-refractivity contribution in [1.82, 2.24) is 10.2 Å². The van der Waals surface area contributed by atoms with E-state index in [0.717, 1.165) is 55.2 Å². The third kappa shape index (κ3) is 5.50. The molecule has 0 aromatic heterocycles. The molecule has 0 atom stereocenters. The third-order valence-corrected chi connectivity index (χ3v) is 7.88. The predicted octanol–water partition coefficient (Wildman–Crippen LogP) is 5.82. The molecule has 5 nitrogen and oxygen atoms in total. The first kappa shape index (κ1) is 26.0. The zero-order chi connectivity index (χ0) is 25.9. The molecule has 2 aromatic carbocycles. The Balaban J connectivity index is 1.53. The number of benzene rings is 2. The second kappa shape index (κ2) is 10.5. The Bertz CT molecular complexity index is 1100. The predicted molar refractivity (Wildman–Crippen MR) is 146 cm³/mol. The van der Waals surface area contributed by atoms with Crippen LogP contribution in [0.25, 0.3) is 0 Å². The summed E-state index contributed by atoms with van der Waals surface area (Å²) in [7, 11) is 0. The molecular formula is C31H40N3O2+. The van der Waals surface area contributed by atoms with Gasteiger partial charge in [-0.25, -0.2) is 0 Å². The average molecular weight is 487 g/mol. The molecule has 0 saturated heterocycles. The van der Waals surface area contributed by atoms with E-state index >= 15 is 0 Å². The number of nitrogens with zero attached hydrogens (tertiary/aromatic N) is 2. The van der Waals surface area contributed by atoms with Gasteiger partial charge in [0.05, 0.1) is 0 Å². The Labute approximate surface area is 216 Å². The maximum Gasteiger partial charge on any atom is 0.274 e. The van der Waals surface area contributed by atoms with Gasteiger partial charge in [0.25, 0.3) is 11.8 Å². The van der Waals surface area contributed by atoms with E-state index < -0.39 is 5.66 Å². The summed E-state index contributed by atoms with van der Waals surface area (Å²) >= 11 is 0. The number of amides is 2. The van der Waals surface area contributed by atoms with Crippen LogP contribution in [0.5, 0.6) is 0 Å². The molecule has 4 rings (SSSR count).